The molecule has 2 aliphatic heterocycles. The fourth-order valence-electron chi connectivity index (χ4n) is 1.97. The van der Waals surface area contributed by atoms with Gasteiger partial charge in [-0.25, -0.2) is 0 Å². The molecule has 1 aromatic rings. The van der Waals surface area contributed by atoms with Gasteiger partial charge in [0.15, 0.2) is 11.3 Å². The van der Waals surface area contributed by atoms with Gasteiger partial charge < -0.3 is 14.9 Å². The molecule has 0 N–H and O–H groups in total. The molecule has 3 rings (SSSR count). The van der Waals surface area contributed by atoms with E-state index >= 15 is 0 Å². The Morgan fingerprint density at radius 3 is 3.06 bits per heavy atom. The van der Waals surface area contributed by atoms with Crippen LogP contribution in [0.3, 0.4) is 0 Å². The minimum Gasteiger partial charge on any atom is -0.358 e. The third-order valence-electron chi connectivity index (χ3n) is 2.72. The van der Waals surface area contributed by atoms with Crippen LogP contribution in [0.15, 0.2) is 29.4 Å². The molecular formula is C10H8N2O4. The van der Waals surface area contributed by atoms with E-state index in [-0.39, 0.29) is 5.84 Å². The number of rotatable bonds is 0. The number of nitrogens with zero attached hydrogens (tertiary/aromatic N) is 2. The maximum atomic E-state index is 10.7. The first-order chi connectivity index (χ1) is 7.75. The van der Waals surface area contributed by atoms with E-state index in [0.717, 1.165) is 11.1 Å². The molecule has 2 bridgehead atoms. The molecule has 0 saturated heterocycles. The predicted molar refractivity (Wildman–Crippen MR) is 53.3 cm³/mol. The highest BCUT2D eigenvalue weighted by Gasteiger charge is 2.43. The molecule has 2 heterocycles. The number of fused-ring (bicyclic) bond motifs is 4. The zero-order valence-corrected chi connectivity index (χ0v) is 8.20. The van der Waals surface area contributed by atoms with Crippen LogP contribution in [0, 0.1) is 10.1 Å². The second-order valence-electron chi connectivity index (χ2n) is 3.67. The normalized spacial score (nSPS) is 26.4. The Hall–Kier alpha value is -1.95. The Labute approximate surface area is 90.6 Å². The molecule has 0 fully saturated rings. The van der Waals surface area contributed by atoms with Gasteiger partial charge in [0.2, 0.25) is 0 Å². The number of hydrogen-bond donors (Lipinski definition) is 0. The lowest BCUT2D eigenvalue weighted by molar-refractivity contribution is -0.375. The molecule has 2 atom stereocenters. The quantitative estimate of drug-likeness (QED) is 0.487. The van der Waals surface area contributed by atoms with Crippen LogP contribution in [0.4, 0.5) is 0 Å². The van der Waals surface area contributed by atoms with Gasteiger partial charge >= 0.3 is 5.84 Å². The van der Waals surface area contributed by atoms with Crippen molar-refractivity contribution in [3.8, 4) is 0 Å². The van der Waals surface area contributed by atoms with Crippen LogP contribution in [0.5, 0.6) is 0 Å². The topological polar surface area (TPSA) is 74.0 Å². The van der Waals surface area contributed by atoms with Gasteiger partial charge in [-0.15, -0.1) is 0 Å². The average Bonchev–Trinajstić information content (AvgIpc) is 2.29. The highest BCUT2D eigenvalue weighted by Crippen LogP contribution is 2.34. The van der Waals surface area contributed by atoms with E-state index in [1.807, 2.05) is 24.3 Å². The van der Waals surface area contributed by atoms with Crippen molar-refractivity contribution < 1.29 is 14.5 Å². The highest BCUT2D eigenvalue weighted by molar-refractivity contribution is 5.79. The molecule has 0 unspecified atom stereocenters. The number of hydrogen-bond acceptors (Lipinski definition) is 5. The molecule has 0 aliphatic carbocycles. The van der Waals surface area contributed by atoms with E-state index in [1.165, 1.54) is 0 Å². The largest absolute Gasteiger partial charge is 0.414 e. The number of ether oxygens (including phenoxy) is 1. The molecule has 0 radical (unpaired) electrons. The standard InChI is InChI=1S/C10H8N2O4/c13-12(14)9-8-5-6-3-1-2-4-7(6)10(15-8)16-11-9/h1-4,8,10H,5H2/t8-,10-/m1/s1. The van der Waals surface area contributed by atoms with Crippen LogP contribution in [-0.2, 0) is 16.0 Å². The van der Waals surface area contributed by atoms with Gasteiger partial charge in [0.1, 0.15) is 0 Å². The summed E-state index contributed by atoms with van der Waals surface area (Å²) in [6.07, 6.45) is -0.752. The second kappa shape index (κ2) is 3.28. The molecule has 0 spiro atoms. The van der Waals surface area contributed by atoms with Crippen molar-refractivity contribution in [3.05, 3.63) is 45.5 Å². The summed E-state index contributed by atoms with van der Waals surface area (Å²) < 4.78 is 5.43. The molecule has 6 nitrogen and oxygen atoms in total. The van der Waals surface area contributed by atoms with E-state index in [1.54, 1.807) is 0 Å². The smallest absolute Gasteiger partial charge is 0.358 e. The molecule has 82 valence electrons. The Morgan fingerprint density at radius 1 is 1.44 bits per heavy atom. The van der Waals surface area contributed by atoms with Crippen LogP contribution in [0.1, 0.15) is 17.4 Å². The molecule has 0 amide bonds. The Balaban J connectivity index is 2.02. The molecule has 1 aromatic carbocycles. The van der Waals surface area contributed by atoms with Gasteiger partial charge in [0.25, 0.3) is 6.29 Å². The van der Waals surface area contributed by atoms with Crippen LogP contribution in [0.2, 0.25) is 0 Å². The maximum absolute atomic E-state index is 10.7. The summed E-state index contributed by atoms with van der Waals surface area (Å²) in [6.45, 7) is 0. The van der Waals surface area contributed by atoms with E-state index in [9.17, 15) is 10.1 Å². The summed E-state index contributed by atoms with van der Waals surface area (Å²) >= 11 is 0. The van der Waals surface area contributed by atoms with Crippen molar-refractivity contribution in [3.63, 3.8) is 0 Å². The summed E-state index contributed by atoms with van der Waals surface area (Å²) in [5, 5.41) is 14.2. The summed E-state index contributed by atoms with van der Waals surface area (Å²) in [7, 11) is 0. The van der Waals surface area contributed by atoms with Crippen molar-refractivity contribution in [2.45, 2.75) is 18.8 Å². The summed E-state index contributed by atoms with van der Waals surface area (Å²) in [6, 6.07) is 7.56. The van der Waals surface area contributed by atoms with E-state index in [4.69, 9.17) is 9.57 Å². The van der Waals surface area contributed by atoms with Crippen molar-refractivity contribution >= 4 is 5.84 Å². The zero-order valence-electron chi connectivity index (χ0n) is 8.20. The van der Waals surface area contributed by atoms with Crippen molar-refractivity contribution in [1.29, 1.82) is 0 Å². The van der Waals surface area contributed by atoms with E-state index in [0.29, 0.717) is 6.42 Å². The minimum atomic E-state index is -0.612. The maximum Gasteiger partial charge on any atom is 0.414 e. The van der Waals surface area contributed by atoms with Gasteiger partial charge in [-0.2, -0.15) is 0 Å². The highest BCUT2D eigenvalue weighted by atomic mass is 16.8. The number of oxime groups is 1. The molecule has 0 saturated carbocycles. The van der Waals surface area contributed by atoms with Gasteiger partial charge in [-0.05, 0) is 10.5 Å². The fraction of sp³-hybridized carbons (Fsp3) is 0.300. The SMILES string of the molecule is O=[N+]([O-])C1=NO[C@H]2O[C@@H]1Cc1ccccc12. The Morgan fingerprint density at radius 2 is 2.25 bits per heavy atom. The molecule has 16 heavy (non-hydrogen) atoms. The third-order valence-corrected chi connectivity index (χ3v) is 2.72. The van der Waals surface area contributed by atoms with Crippen LogP contribution >= 0.6 is 0 Å². The third kappa shape index (κ3) is 1.27. The first kappa shape index (κ1) is 9.29. The number of nitro groups is 1. The second-order valence-corrected chi connectivity index (χ2v) is 3.67. The molecule has 0 aromatic heterocycles. The number of amidine groups is 1. The molecule has 6 heteroatoms. The summed E-state index contributed by atoms with van der Waals surface area (Å²) in [4.78, 5) is 15.1. The zero-order chi connectivity index (χ0) is 11.1. The average molecular weight is 220 g/mol. The summed E-state index contributed by atoms with van der Waals surface area (Å²) in [5.74, 6) is -0.259. The van der Waals surface area contributed by atoms with Crippen molar-refractivity contribution in [2.24, 2.45) is 5.16 Å². The van der Waals surface area contributed by atoms with Crippen LogP contribution in [0.25, 0.3) is 0 Å². The van der Waals surface area contributed by atoms with E-state index < -0.39 is 17.3 Å². The van der Waals surface area contributed by atoms with Gasteiger partial charge in [0.05, 0.1) is 0 Å². The lowest BCUT2D eigenvalue weighted by Crippen LogP contribution is -2.41. The van der Waals surface area contributed by atoms with Gasteiger partial charge in [-0.3, -0.25) is 4.84 Å². The Bertz CT molecular complexity index is 485. The fourth-order valence-corrected chi connectivity index (χ4v) is 1.97. The number of benzene rings is 1. The molecule has 2 aliphatic rings. The predicted octanol–water partition coefficient (Wildman–Crippen LogP) is 1.25. The van der Waals surface area contributed by atoms with Gasteiger partial charge in [0, 0.05) is 12.0 Å². The first-order valence-electron chi connectivity index (χ1n) is 4.87. The van der Waals surface area contributed by atoms with Crippen molar-refractivity contribution in [1.82, 2.24) is 0 Å². The molecular weight excluding hydrogens is 212 g/mol. The van der Waals surface area contributed by atoms with Crippen LogP contribution < -0.4 is 0 Å². The monoisotopic (exact) mass is 220 g/mol. The summed E-state index contributed by atoms with van der Waals surface area (Å²) in [5.41, 5.74) is 1.91. The minimum absolute atomic E-state index is 0.259. The van der Waals surface area contributed by atoms with Crippen molar-refractivity contribution in [2.75, 3.05) is 0 Å². The lowest BCUT2D eigenvalue weighted by atomic mass is 9.97. The van der Waals surface area contributed by atoms with Gasteiger partial charge in [-0.1, -0.05) is 24.3 Å². The van der Waals surface area contributed by atoms with Crippen LogP contribution in [-0.4, -0.2) is 16.9 Å². The van der Waals surface area contributed by atoms with E-state index in [2.05, 4.69) is 5.16 Å². The lowest BCUT2D eigenvalue weighted by Gasteiger charge is -2.29. The first-order valence-corrected chi connectivity index (χ1v) is 4.87. The Kier molecular flexibility index (Phi) is 1.90.